The van der Waals surface area contributed by atoms with Crippen molar-refractivity contribution < 1.29 is 24.9 Å². The van der Waals surface area contributed by atoms with E-state index in [2.05, 4.69) is 0 Å². The van der Waals surface area contributed by atoms with Crippen LogP contribution in [0.1, 0.15) is 13.8 Å². The number of phenols is 1. The average Bonchev–Trinajstić information content (AvgIpc) is 2.28. The van der Waals surface area contributed by atoms with Crippen molar-refractivity contribution in [1.29, 1.82) is 0 Å². The molecular weight excluding hydrogens is 238 g/mol. The molecule has 6 nitrogen and oxygen atoms in total. The normalized spacial score (nSPS) is 13.7. The monoisotopic (exact) mass is 253 g/mol. The summed E-state index contributed by atoms with van der Waals surface area (Å²) in [5, 5.41) is 27.4. The summed E-state index contributed by atoms with van der Waals surface area (Å²) in [7, 11) is 0. The van der Waals surface area contributed by atoms with Crippen LogP contribution in [0.15, 0.2) is 24.3 Å². The minimum Gasteiger partial charge on any atom is -0.508 e. The first-order valence-electron chi connectivity index (χ1n) is 5.37. The SMILES string of the molecule is CC(C(=O)O)N(c1cccc(O)c1)C(C)C(=O)O. The minimum atomic E-state index is -1.13. The van der Waals surface area contributed by atoms with Crippen LogP contribution in [0.5, 0.6) is 5.75 Å². The number of carboxylic acid groups (broad SMARTS) is 2. The van der Waals surface area contributed by atoms with Gasteiger partial charge in [-0.3, -0.25) is 0 Å². The van der Waals surface area contributed by atoms with Gasteiger partial charge >= 0.3 is 11.9 Å². The molecule has 6 heteroatoms. The number of aromatic hydroxyl groups is 1. The fraction of sp³-hybridized carbons (Fsp3) is 0.333. The number of rotatable bonds is 5. The molecule has 0 aliphatic rings. The molecule has 1 aromatic carbocycles. The molecule has 0 aromatic heterocycles. The van der Waals surface area contributed by atoms with Crippen LogP contribution >= 0.6 is 0 Å². The summed E-state index contributed by atoms with van der Waals surface area (Å²) in [4.78, 5) is 23.3. The van der Waals surface area contributed by atoms with Crippen LogP contribution in [0.4, 0.5) is 5.69 Å². The largest absolute Gasteiger partial charge is 0.508 e. The summed E-state index contributed by atoms with van der Waals surface area (Å²) in [5.74, 6) is -2.31. The molecule has 0 saturated carbocycles. The number of hydrogen-bond acceptors (Lipinski definition) is 4. The molecule has 0 heterocycles. The molecule has 0 aliphatic carbocycles. The summed E-state index contributed by atoms with van der Waals surface area (Å²) in [6.07, 6.45) is 0. The molecule has 18 heavy (non-hydrogen) atoms. The number of hydrogen-bond donors (Lipinski definition) is 3. The standard InChI is InChI=1S/C12H15NO5/c1-7(11(15)16)13(8(2)12(17)18)9-4-3-5-10(14)6-9/h3-8,14H,1-2H3,(H,15,16)(H,17,18). The van der Waals surface area contributed by atoms with E-state index >= 15 is 0 Å². The van der Waals surface area contributed by atoms with E-state index in [4.69, 9.17) is 10.2 Å². The zero-order valence-corrected chi connectivity index (χ0v) is 10.1. The Kier molecular flexibility index (Phi) is 4.14. The maximum atomic E-state index is 11.0. The van der Waals surface area contributed by atoms with Gasteiger partial charge < -0.3 is 20.2 Å². The summed E-state index contributed by atoms with van der Waals surface area (Å²) in [5.41, 5.74) is 0.347. The molecule has 2 unspecified atom stereocenters. The van der Waals surface area contributed by atoms with Gasteiger partial charge in [-0.25, -0.2) is 9.59 Å². The van der Waals surface area contributed by atoms with E-state index in [1.54, 1.807) is 6.07 Å². The van der Waals surface area contributed by atoms with Crippen LogP contribution in [0.3, 0.4) is 0 Å². The fourth-order valence-electron chi connectivity index (χ4n) is 1.67. The Morgan fingerprint density at radius 2 is 1.61 bits per heavy atom. The van der Waals surface area contributed by atoms with E-state index < -0.39 is 24.0 Å². The van der Waals surface area contributed by atoms with Crippen molar-refractivity contribution in [2.24, 2.45) is 0 Å². The first-order valence-corrected chi connectivity index (χ1v) is 5.37. The molecule has 1 rings (SSSR count). The smallest absolute Gasteiger partial charge is 0.326 e. The molecule has 98 valence electrons. The molecule has 0 spiro atoms. The van der Waals surface area contributed by atoms with Gasteiger partial charge in [-0.2, -0.15) is 0 Å². The third-order valence-corrected chi connectivity index (χ3v) is 2.68. The van der Waals surface area contributed by atoms with E-state index in [9.17, 15) is 14.7 Å². The van der Waals surface area contributed by atoms with Crippen molar-refractivity contribution in [1.82, 2.24) is 0 Å². The van der Waals surface area contributed by atoms with Crippen molar-refractivity contribution in [3.05, 3.63) is 24.3 Å². The van der Waals surface area contributed by atoms with Crippen molar-refractivity contribution in [3.8, 4) is 5.75 Å². The summed E-state index contributed by atoms with van der Waals surface area (Å²) in [6.45, 7) is 2.79. The molecule has 0 bridgehead atoms. The van der Waals surface area contributed by atoms with Crippen molar-refractivity contribution in [2.45, 2.75) is 25.9 Å². The molecule has 0 saturated heterocycles. The molecule has 0 aliphatic heterocycles. The molecular formula is C12H15NO5. The van der Waals surface area contributed by atoms with E-state index in [1.165, 1.54) is 36.9 Å². The first-order chi connectivity index (χ1) is 8.34. The van der Waals surface area contributed by atoms with Crippen LogP contribution in [0.2, 0.25) is 0 Å². The molecule has 0 radical (unpaired) electrons. The van der Waals surface area contributed by atoms with Crippen LogP contribution in [-0.4, -0.2) is 39.3 Å². The Bertz CT molecular complexity index is 440. The van der Waals surface area contributed by atoms with Gasteiger partial charge in [0.05, 0.1) is 0 Å². The first kappa shape index (κ1) is 13.8. The van der Waals surface area contributed by atoms with Crippen molar-refractivity contribution in [3.63, 3.8) is 0 Å². The third kappa shape index (κ3) is 2.91. The number of benzene rings is 1. The Hall–Kier alpha value is -2.24. The van der Waals surface area contributed by atoms with E-state index in [1.807, 2.05) is 0 Å². The van der Waals surface area contributed by atoms with Crippen LogP contribution in [0, 0.1) is 0 Å². The zero-order chi connectivity index (χ0) is 13.9. The number of phenolic OH excluding ortho intramolecular Hbond substituents is 1. The Balaban J connectivity index is 3.20. The van der Waals surface area contributed by atoms with Gasteiger partial charge in [0.25, 0.3) is 0 Å². The maximum absolute atomic E-state index is 11.0. The van der Waals surface area contributed by atoms with Crippen molar-refractivity contribution >= 4 is 17.6 Å². The van der Waals surface area contributed by atoms with E-state index in [0.717, 1.165) is 0 Å². The topological polar surface area (TPSA) is 98.1 Å². The quantitative estimate of drug-likeness (QED) is 0.728. The van der Waals surface area contributed by atoms with E-state index in [0.29, 0.717) is 5.69 Å². The van der Waals surface area contributed by atoms with Gasteiger partial charge in [0.1, 0.15) is 17.8 Å². The predicted octanol–water partition coefficient (Wildman–Crippen LogP) is 1.14. The molecule has 2 atom stereocenters. The zero-order valence-electron chi connectivity index (χ0n) is 10.1. The Labute approximate surface area is 104 Å². The lowest BCUT2D eigenvalue weighted by Crippen LogP contribution is -2.48. The van der Waals surface area contributed by atoms with Gasteiger partial charge in [-0.15, -0.1) is 0 Å². The van der Waals surface area contributed by atoms with Gasteiger partial charge in [-0.05, 0) is 26.0 Å². The summed E-state index contributed by atoms with van der Waals surface area (Å²) in [6, 6.07) is 3.81. The van der Waals surface area contributed by atoms with Crippen molar-refractivity contribution in [2.75, 3.05) is 4.90 Å². The number of anilines is 1. The lowest BCUT2D eigenvalue weighted by molar-refractivity contribution is -0.140. The predicted molar refractivity (Wildman–Crippen MR) is 64.8 cm³/mol. The van der Waals surface area contributed by atoms with Gasteiger partial charge in [0.15, 0.2) is 0 Å². The van der Waals surface area contributed by atoms with Crippen LogP contribution < -0.4 is 4.90 Å². The fourth-order valence-corrected chi connectivity index (χ4v) is 1.67. The number of carbonyl (C=O) groups is 2. The molecule has 1 aromatic rings. The highest BCUT2D eigenvalue weighted by molar-refractivity contribution is 5.84. The highest BCUT2D eigenvalue weighted by Gasteiger charge is 2.29. The van der Waals surface area contributed by atoms with Gasteiger partial charge in [-0.1, -0.05) is 6.07 Å². The van der Waals surface area contributed by atoms with Gasteiger partial charge in [0.2, 0.25) is 0 Å². The van der Waals surface area contributed by atoms with Crippen LogP contribution in [-0.2, 0) is 9.59 Å². The molecule has 0 amide bonds. The highest BCUT2D eigenvalue weighted by Crippen LogP contribution is 2.24. The Morgan fingerprint density at radius 1 is 1.11 bits per heavy atom. The Morgan fingerprint density at radius 3 is 2.00 bits per heavy atom. The number of aliphatic carboxylic acids is 2. The molecule has 3 N–H and O–H groups in total. The third-order valence-electron chi connectivity index (χ3n) is 2.68. The summed E-state index contributed by atoms with van der Waals surface area (Å²) < 4.78 is 0. The number of nitrogens with zero attached hydrogens (tertiary/aromatic N) is 1. The number of carboxylic acids is 2. The second-order valence-corrected chi connectivity index (χ2v) is 3.96. The minimum absolute atomic E-state index is 0.0484. The lowest BCUT2D eigenvalue weighted by Gasteiger charge is -2.32. The van der Waals surface area contributed by atoms with Gasteiger partial charge in [0, 0.05) is 11.8 Å². The van der Waals surface area contributed by atoms with E-state index in [-0.39, 0.29) is 5.75 Å². The summed E-state index contributed by atoms with van der Waals surface area (Å²) >= 11 is 0. The second kappa shape index (κ2) is 5.39. The maximum Gasteiger partial charge on any atom is 0.326 e. The molecule has 0 fully saturated rings. The highest BCUT2D eigenvalue weighted by atomic mass is 16.4. The average molecular weight is 253 g/mol. The van der Waals surface area contributed by atoms with Crippen LogP contribution in [0.25, 0.3) is 0 Å². The lowest BCUT2D eigenvalue weighted by atomic mass is 10.1. The second-order valence-electron chi connectivity index (χ2n) is 3.96.